The van der Waals surface area contributed by atoms with Gasteiger partial charge in [0, 0.05) is 38.9 Å². The summed E-state index contributed by atoms with van der Waals surface area (Å²) in [6.07, 6.45) is 0. The molecule has 0 amide bonds. The highest BCUT2D eigenvalue weighted by Gasteiger charge is 2.23. The molecule has 68 heavy (non-hydrogen) atoms. The molecular weight excluding hydrogens is 821 g/mol. The molecule has 0 N–H and O–H groups in total. The summed E-state index contributed by atoms with van der Waals surface area (Å²) in [5.74, 6) is 0. The third-order valence-electron chi connectivity index (χ3n) is 14.3. The van der Waals surface area contributed by atoms with E-state index in [-0.39, 0.29) is 0 Å². The number of para-hydroxylation sites is 1. The van der Waals surface area contributed by atoms with Crippen molar-refractivity contribution in [3.8, 4) is 27.9 Å². The Kier molecular flexibility index (Phi) is 8.62. The summed E-state index contributed by atoms with van der Waals surface area (Å²) < 4.78 is 2.55. The number of benzene rings is 13. The fraction of sp³-hybridized carbons (Fsp3) is 0. The number of rotatable bonds is 6. The molecule has 0 saturated carbocycles. The third kappa shape index (κ3) is 5.91. The average molecular weight is 863 g/mol. The molecule has 0 spiro atoms. The Morgan fingerprint density at radius 2 is 0.721 bits per heavy atom. The maximum absolute atomic E-state index is 2.55. The van der Waals surface area contributed by atoms with Gasteiger partial charge in [0.25, 0.3) is 0 Å². The maximum atomic E-state index is 2.55. The van der Waals surface area contributed by atoms with Gasteiger partial charge in [-0.25, -0.2) is 0 Å². The van der Waals surface area contributed by atoms with E-state index >= 15 is 0 Å². The number of hydrogen-bond acceptors (Lipinski definition) is 1. The molecule has 0 radical (unpaired) electrons. The van der Waals surface area contributed by atoms with Gasteiger partial charge in [-0.1, -0.05) is 194 Å². The van der Waals surface area contributed by atoms with Crippen LogP contribution in [-0.2, 0) is 0 Å². The number of anilines is 3. The summed E-state index contributed by atoms with van der Waals surface area (Å²) in [7, 11) is 0. The molecule has 1 aromatic heterocycles. The molecule has 1 heterocycles. The van der Waals surface area contributed by atoms with E-state index in [2.05, 4.69) is 264 Å². The van der Waals surface area contributed by atoms with Crippen molar-refractivity contribution >= 4 is 104 Å². The lowest BCUT2D eigenvalue weighted by Crippen LogP contribution is -2.10. The molecule has 0 saturated heterocycles. The van der Waals surface area contributed by atoms with Crippen LogP contribution in [0.3, 0.4) is 0 Å². The molecule has 0 aliphatic heterocycles. The summed E-state index contributed by atoms with van der Waals surface area (Å²) in [5, 5.41) is 17.5. The van der Waals surface area contributed by atoms with Crippen LogP contribution in [0.2, 0.25) is 0 Å². The minimum atomic E-state index is 1.08. The van der Waals surface area contributed by atoms with Crippen LogP contribution in [0.1, 0.15) is 0 Å². The SMILES string of the molecule is c1ccc(-c2cc3ccccc3c3c2c2ccc(N(c4ccccc4)c4ccc(-c5cc6ccccc6c6ccccc56)cc4)cc2n3-c2ccc3c4ccccc4c4ccccc4c3c2)cc1. The van der Waals surface area contributed by atoms with E-state index in [0.29, 0.717) is 0 Å². The van der Waals surface area contributed by atoms with Gasteiger partial charge in [-0.2, -0.15) is 0 Å². The molecule has 14 aromatic rings. The topological polar surface area (TPSA) is 8.17 Å². The molecular formula is C66H42N2. The van der Waals surface area contributed by atoms with Crippen LogP contribution in [0.25, 0.3) is 114 Å². The summed E-state index contributed by atoms with van der Waals surface area (Å²) >= 11 is 0. The van der Waals surface area contributed by atoms with Crippen LogP contribution in [0.15, 0.2) is 255 Å². The van der Waals surface area contributed by atoms with Gasteiger partial charge in [-0.3, -0.25) is 0 Å². The van der Waals surface area contributed by atoms with Crippen LogP contribution < -0.4 is 4.90 Å². The van der Waals surface area contributed by atoms with Crippen molar-refractivity contribution in [2.75, 3.05) is 4.90 Å². The first-order valence-corrected chi connectivity index (χ1v) is 23.5. The van der Waals surface area contributed by atoms with Crippen molar-refractivity contribution in [2.24, 2.45) is 0 Å². The normalized spacial score (nSPS) is 11.8. The highest BCUT2D eigenvalue weighted by Crippen LogP contribution is 2.47. The lowest BCUT2D eigenvalue weighted by molar-refractivity contribution is 1.19. The second-order valence-corrected chi connectivity index (χ2v) is 18.0. The van der Waals surface area contributed by atoms with E-state index in [9.17, 15) is 0 Å². The molecule has 14 rings (SSSR count). The molecule has 0 bridgehead atoms. The molecule has 2 nitrogen and oxygen atoms in total. The summed E-state index contributed by atoms with van der Waals surface area (Å²) in [6, 6.07) is 93.9. The zero-order valence-electron chi connectivity index (χ0n) is 37.1. The highest BCUT2D eigenvalue weighted by molar-refractivity contribution is 6.27. The number of aromatic nitrogens is 1. The minimum absolute atomic E-state index is 1.08. The van der Waals surface area contributed by atoms with Crippen molar-refractivity contribution in [3.05, 3.63) is 255 Å². The minimum Gasteiger partial charge on any atom is -0.310 e. The average Bonchev–Trinajstić information content (AvgIpc) is 3.76. The van der Waals surface area contributed by atoms with Crippen LogP contribution in [-0.4, -0.2) is 4.57 Å². The lowest BCUT2D eigenvalue weighted by atomic mass is 9.93. The Labute approximate surface area is 393 Å². The van der Waals surface area contributed by atoms with E-state index in [1.165, 1.54) is 103 Å². The number of nitrogens with zero attached hydrogens (tertiary/aromatic N) is 2. The lowest BCUT2D eigenvalue weighted by Gasteiger charge is -2.26. The zero-order chi connectivity index (χ0) is 44.7. The second kappa shape index (κ2) is 15.3. The van der Waals surface area contributed by atoms with Gasteiger partial charge in [-0.05, 0) is 142 Å². The number of fused-ring (bicyclic) bond motifs is 14. The number of hydrogen-bond donors (Lipinski definition) is 0. The van der Waals surface area contributed by atoms with Gasteiger partial charge >= 0.3 is 0 Å². The molecule has 0 unspecified atom stereocenters. The van der Waals surface area contributed by atoms with Gasteiger partial charge in [0.05, 0.1) is 11.0 Å². The van der Waals surface area contributed by atoms with E-state index < -0.39 is 0 Å². The van der Waals surface area contributed by atoms with Crippen molar-refractivity contribution in [2.45, 2.75) is 0 Å². The predicted molar refractivity (Wildman–Crippen MR) is 291 cm³/mol. The Balaban J connectivity index is 1.04. The van der Waals surface area contributed by atoms with E-state index in [0.717, 1.165) is 28.3 Å². The van der Waals surface area contributed by atoms with E-state index in [1.807, 2.05) is 0 Å². The molecule has 0 atom stereocenters. The largest absolute Gasteiger partial charge is 0.310 e. The van der Waals surface area contributed by atoms with Gasteiger partial charge in [0.2, 0.25) is 0 Å². The third-order valence-corrected chi connectivity index (χ3v) is 14.3. The first kappa shape index (κ1) is 38.3. The first-order chi connectivity index (χ1) is 33.7. The van der Waals surface area contributed by atoms with Crippen molar-refractivity contribution in [1.82, 2.24) is 4.57 Å². The van der Waals surface area contributed by atoms with Crippen LogP contribution in [0.5, 0.6) is 0 Å². The summed E-state index contributed by atoms with van der Waals surface area (Å²) in [5.41, 5.74) is 11.6. The molecule has 0 fully saturated rings. The van der Waals surface area contributed by atoms with Crippen molar-refractivity contribution in [1.29, 1.82) is 0 Å². The Morgan fingerprint density at radius 3 is 1.40 bits per heavy atom. The highest BCUT2D eigenvalue weighted by atomic mass is 15.1. The first-order valence-electron chi connectivity index (χ1n) is 23.5. The van der Waals surface area contributed by atoms with E-state index in [1.54, 1.807) is 0 Å². The summed E-state index contributed by atoms with van der Waals surface area (Å²) in [6.45, 7) is 0. The van der Waals surface area contributed by atoms with Crippen LogP contribution in [0, 0.1) is 0 Å². The zero-order valence-corrected chi connectivity index (χ0v) is 37.1. The molecule has 0 aliphatic carbocycles. The van der Waals surface area contributed by atoms with Gasteiger partial charge in [0.15, 0.2) is 0 Å². The van der Waals surface area contributed by atoms with Crippen molar-refractivity contribution in [3.63, 3.8) is 0 Å². The van der Waals surface area contributed by atoms with Gasteiger partial charge in [0.1, 0.15) is 0 Å². The summed E-state index contributed by atoms with van der Waals surface area (Å²) in [4.78, 5) is 2.40. The molecule has 0 aliphatic rings. The van der Waals surface area contributed by atoms with Crippen LogP contribution >= 0.6 is 0 Å². The predicted octanol–water partition coefficient (Wildman–Crippen LogP) is 18.5. The fourth-order valence-corrected chi connectivity index (χ4v) is 11.3. The Bertz CT molecular complexity index is 4260. The van der Waals surface area contributed by atoms with Gasteiger partial charge < -0.3 is 9.47 Å². The second-order valence-electron chi connectivity index (χ2n) is 18.0. The monoisotopic (exact) mass is 862 g/mol. The molecule has 13 aromatic carbocycles. The van der Waals surface area contributed by atoms with Crippen molar-refractivity contribution < 1.29 is 0 Å². The molecule has 316 valence electrons. The van der Waals surface area contributed by atoms with E-state index in [4.69, 9.17) is 0 Å². The van der Waals surface area contributed by atoms with Crippen LogP contribution in [0.4, 0.5) is 17.1 Å². The Hall–Kier alpha value is -8.98. The maximum Gasteiger partial charge on any atom is 0.0625 e. The smallest absolute Gasteiger partial charge is 0.0625 e. The Morgan fingerprint density at radius 1 is 0.265 bits per heavy atom. The standard InChI is InChI=1S/C66H42N2/c1-3-17-43(18-4-1)62-40-46-20-8-10-24-52(46)66-65(62)60-38-36-50(42-64(60)68(66)49-35-37-59-56-28-13-12-26-54(56)55-27-14-16-30-58(55)63(59)41-49)67(47-21-5-2-6-22-47)48-33-31-44(32-34-48)61-39-45-19-7-9-23-51(45)53-25-11-15-29-57(53)61/h1-42H. The quantitative estimate of drug-likeness (QED) is 0.151. The van der Waals surface area contributed by atoms with Gasteiger partial charge in [-0.15, -0.1) is 0 Å². The molecule has 2 heteroatoms. The fourth-order valence-electron chi connectivity index (χ4n) is 11.3.